The number of amides is 3. The molecule has 1 saturated heterocycles. The molecule has 0 radical (unpaired) electrons. The number of benzene rings is 2. The van der Waals surface area contributed by atoms with Crippen molar-refractivity contribution in [2.75, 3.05) is 27.2 Å². The van der Waals surface area contributed by atoms with Gasteiger partial charge in [-0.2, -0.15) is 0 Å². The standard InChI is InChI=1S/C36H51ClN4O3.ClH/c1-26-25-40(23-20-33(26)41(35(43)39(2)3)31-12-8-5-9-13-31)34(42)32(24-27-14-16-29(37)17-15-27)38-30-18-21-36(44,22-19-30)28-10-6-4-7-11-28;/h4,6-7,10-11,14-17,26,30-33,38,44H,5,8-9,12-13,18-25H2,1-3H3;1H/t26?,30?,32-,33?,36?;/m1./s1. The lowest BCUT2D eigenvalue weighted by molar-refractivity contribution is -0.136. The number of carbonyl (C=O) groups excluding carboxylic acids is 2. The summed E-state index contributed by atoms with van der Waals surface area (Å²) in [6, 6.07) is 18.0. The predicted octanol–water partition coefficient (Wildman–Crippen LogP) is 6.65. The minimum atomic E-state index is -0.819. The van der Waals surface area contributed by atoms with E-state index in [1.54, 1.807) is 4.90 Å². The van der Waals surface area contributed by atoms with E-state index in [4.69, 9.17) is 11.6 Å². The molecule has 2 N–H and O–H groups in total. The molecule has 2 aliphatic carbocycles. The maximum Gasteiger partial charge on any atom is 0.319 e. The maximum absolute atomic E-state index is 14.3. The molecule has 2 saturated carbocycles. The highest BCUT2D eigenvalue weighted by molar-refractivity contribution is 6.30. The highest BCUT2D eigenvalue weighted by Gasteiger charge is 2.41. The summed E-state index contributed by atoms with van der Waals surface area (Å²) in [4.78, 5) is 33.6. The first-order chi connectivity index (χ1) is 21.1. The van der Waals surface area contributed by atoms with Crippen LogP contribution in [-0.4, -0.2) is 83.1 Å². The maximum atomic E-state index is 14.3. The molecule has 0 aromatic heterocycles. The van der Waals surface area contributed by atoms with Crippen LogP contribution in [0.4, 0.5) is 4.79 Å². The Morgan fingerprint density at radius 2 is 1.62 bits per heavy atom. The van der Waals surface area contributed by atoms with Gasteiger partial charge in [0, 0.05) is 50.3 Å². The molecule has 3 atom stereocenters. The van der Waals surface area contributed by atoms with Crippen LogP contribution in [-0.2, 0) is 16.8 Å². The van der Waals surface area contributed by atoms with Crippen LogP contribution in [0.1, 0.15) is 82.3 Å². The van der Waals surface area contributed by atoms with Gasteiger partial charge in [0.2, 0.25) is 5.91 Å². The van der Waals surface area contributed by atoms with Crippen molar-refractivity contribution < 1.29 is 14.7 Å². The molecule has 2 aromatic carbocycles. The third-order valence-electron chi connectivity index (χ3n) is 10.3. The molecule has 2 aromatic rings. The molecule has 5 rings (SSSR count). The van der Waals surface area contributed by atoms with Gasteiger partial charge in [-0.25, -0.2) is 4.79 Å². The molecule has 3 aliphatic rings. The van der Waals surface area contributed by atoms with Gasteiger partial charge < -0.3 is 25.1 Å². The van der Waals surface area contributed by atoms with E-state index in [1.807, 2.05) is 73.6 Å². The van der Waals surface area contributed by atoms with Crippen molar-refractivity contribution in [3.8, 4) is 0 Å². The number of halogens is 2. The second kappa shape index (κ2) is 16.0. The molecule has 7 nitrogen and oxygen atoms in total. The quantitative estimate of drug-likeness (QED) is 0.333. The lowest BCUT2D eigenvalue weighted by atomic mass is 9.77. The Hall–Kier alpha value is -2.32. The molecule has 0 bridgehead atoms. The van der Waals surface area contributed by atoms with Crippen molar-refractivity contribution in [2.45, 2.75) is 107 Å². The molecule has 3 fully saturated rings. The Balaban J connectivity index is 0.00000461. The summed E-state index contributed by atoms with van der Waals surface area (Å²) in [5.74, 6) is 0.308. The zero-order valence-corrected chi connectivity index (χ0v) is 28.7. The van der Waals surface area contributed by atoms with Crippen LogP contribution in [0.5, 0.6) is 0 Å². The number of likely N-dealkylation sites (tertiary alicyclic amines) is 1. The number of hydrogen-bond donors (Lipinski definition) is 2. The fourth-order valence-corrected chi connectivity index (χ4v) is 7.91. The van der Waals surface area contributed by atoms with Gasteiger partial charge in [0.25, 0.3) is 0 Å². The SMILES string of the molecule is CC1CN(C(=O)[C@@H](Cc2ccc(Cl)cc2)NC2CCC(O)(c3ccccc3)CC2)CCC1N(C(=O)N(C)C)C1CCCCC1.Cl. The number of piperidine rings is 1. The summed E-state index contributed by atoms with van der Waals surface area (Å²) in [5, 5.41) is 15.8. The van der Waals surface area contributed by atoms with Crippen molar-refractivity contribution in [1.82, 2.24) is 20.0 Å². The minimum Gasteiger partial charge on any atom is -0.385 e. The Morgan fingerprint density at radius 3 is 2.22 bits per heavy atom. The van der Waals surface area contributed by atoms with E-state index in [9.17, 15) is 14.7 Å². The molecule has 45 heavy (non-hydrogen) atoms. The largest absolute Gasteiger partial charge is 0.385 e. The Kier molecular flexibility index (Phi) is 12.6. The van der Waals surface area contributed by atoms with Crippen molar-refractivity contribution in [2.24, 2.45) is 5.92 Å². The summed E-state index contributed by atoms with van der Waals surface area (Å²) in [6.45, 7) is 3.50. The monoisotopic (exact) mass is 658 g/mol. The summed E-state index contributed by atoms with van der Waals surface area (Å²) in [6.07, 6.45) is 10.0. The van der Waals surface area contributed by atoms with E-state index in [0.717, 1.165) is 43.2 Å². The van der Waals surface area contributed by atoms with Gasteiger partial charge in [-0.05, 0) is 80.5 Å². The summed E-state index contributed by atoms with van der Waals surface area (Å²) >= 11 is 6.17. The van der Waals surface area contributed by atoms with Gasteiger partial charge in [0.05, 0.1) is 11.6 Å². The Labute approximate surface area is 281 Å². The molecule has 1 aliphatic heterocycles. The van der Waals surface area contributed by atoms with Crippen molar-refractivity contribution in [3.63, 3.8) is 0 Å². The van der Waals surface area contributed by atoms with Gasteiger partial charge in [-0.3, -0.25) is 4.79 Å². The fourth-order valence-electron chi connectivity index (χ4n) is 7.78. The molecular formula is C36H52Cl2N4O3. The van der Waals surface area contributed by atoms with E-state index in [2.05, 4.69) is 17.1 Å². The van der Waals surface area contributed by atoms with Gasteiger partial charge >= 0.3 is 6.03 Å². The van der Waals surface area contributed by atoms with E-state index in [1.165, 1.54) is 19.3 Å². The van der Waals surface area contributed by atoms with E-state index in [-0.39, 0.29) is 54.4 Å². The van der Waals surface area contributed by atoms with Crippen LogP contribution in [0.25, 0.3) is 0 Å². The van der Waals surface area contributed by atoms with Crippen LogP contribution < -0.4 is 5.32 Å². The second-order valence-corrected chi connectivity index (χ2v) is 14.2. The first-order valence-corrected chi connectivity index (χ1v) is 17.1. The molecule has 0 spiro atoms. The Morgan fingerprint density at radius 1 is 0.978 bits per heavy atom. The molecule has 3 amide bonds. The number of nitrogens with zero attached hydrogens (tertiary/aromatic N) is 3. The number of carbonyl (C=O) groups is 2. The van der Waals surface area contributed by atoms with Crippen LogP contribution in [0.2, 0.25) is 5.02 Å². The Bertz CT molecular complexity index is 1230. The second-order valence-electron chi connectivity index (χ2n) is 13.7. The number of nitrogens with one attached hydrogen (secondary N) is 1. The van der Waals surface area contributed by atoms with Crippen LogP contribution in [0, 0.1) is 5.92 Å². The van der Waals surface area contributed by atoms with Crippen molar-refractivity contribution in [1.29, 1.82) is 0 Å². The average molecular weight is 660 g/mol. The molecular weight excluding hydrogens is 607 g/mol. The van der Waals surface area contributed by atoms with Gasteiger partial charge in [0.15, 0.2) is 0 Å². The third kappa shape index (κ3) is 8.73. The van der Waals surface area contributed by atoms with E-state index >= 15 is 0 Å². The number of rotatable bonds is 8. The fraction of sp³-hybridized carbons (Fsp3) is 0.611. The zero-order chi connectivity index (χ0) is 31.3. The van der Waals surface area contributed by atoms with Crippen molar-refractivity contribution in [3.05, 3.63) is 70.7 Å². The number of urea groups is 1. The predicted molar refractivity (Wildman–Crippen MR) is 184 cm³/mol. The van der Waals surface area contributed by atoms with Crippen LogP contribution in [0.3, 0.4) is 0 Å². The first-order valence-electron chi connectivity index (χ1n) is 16.7. The third-order valence-corrected chi connectivity index (χ3v) is 10.6. The molecule has 2 unspecified atom stereocenters. The smallest absolute Gasteiger partial charge is 0.319 e. The summed E-state index contributed by atoms with van der Waals surface area (Å²) in [5.41, 5.74) is 1.22. The van der Waals surface area contributed by atoms with E-state index < -0.39 is 5.60 Å². The summed E-state index contributed by atoms with van der Waals surface area (Å²) < 4.78 is 0. The molecule has 1 heterocycles. The topological polar surface area (TPSA) is 76.1 Å². The lowest BCUT2D eigenvalue weighted by Crippen LogP contribution is -2.60. The highest BCUT2D eigenvalue weighted by Crippen LogP contribution is 2.37. The normalized spacial score (nSPS) is 26.4. The lowest BCUT2D eigenvalue weighted by Gasteiger charge is -2.48. The zero-order valence-electron chi connectivity index (χ0n) is 27.2. The van der Waals surface area contributed by atoms with Crippen LogP contribution in [0.15, 0.2) is 54.6 Å². The van der Waals surface area contributed by atoms with Crippen LogP contribution >= 0.6 is 24.0 Å². The van der Waals surface area contributed by atoms with E-state index in [0.29, 0.717) is 37.4 Å². The average Bonchev–Trinajstić information content (AvgIpc) is 3.04. The molecule has 9 heteroatoms. The highest BCUT2D eigenvalue weighted by atomic mass is 35.5. The minimum absolute atomic E-state index is 0. The first kappa shape index (κ1) is 35.5. The van der Waals surface area contributed by atoms with Crippen molar-refractivity contribution >= 4 is 35.9 Å². The van der Waals surface area contributed by atoms with Gasteiger partial charge in [-0.1, -0.05) is 80.3 Å². The summed E-state index contributed by atoms with van der Waals surface area (Å²) in [7, 11) is 3.70. The number of hydrogen-bond acceptors (Lipinski definition) is 4. The van der Waals surface area contributed by atoms with Gasteiger partial charge in [-0.15, -0.1) is 12.4 Å². The molecule has 248 valence electrons. The number of aliphatic hydroxyl groups is 1. The van der Waals surface area contributed by atoms with Gasteiger partial charge in [0.1, 0.15) is 0 Å².